The second-order valence-corrected chi connectivity index (χ2v) is 3.26. The molecule has 0 aliphatic rings. The second kappa shape index (κ2) is 13.2. The molecule has 0 aromatic heterocycles. The summed E-state index contributed by atoms with van der Waals surface area (Å²) in [4.78, 5) is 9.79. The van der Waals surface area contributed by atoms with E-state index >= 15 is 0 Å². The summed E-state index contributed by atoms with van der Waals surface area (Å²) in [5.74, 6) is 0.727. The van der Waals surface area contributed by atoms with Crippen molar-refractivity contribution >= 4 is 57.4 Å². The summed E-state index contributed by atoms with van der Waals surface area (Å²) in [6.45, 7) is 0.336. The minimum Gasteiger partial charge on any atom is -0.449 e. The molecule has 0 radical (unpaired) electrons. The molecule has 0 aliphatic heterocycles. The molecule has 0 aromatic carbocycles. The Morgan fingerprint density at radius 1 is 1.57 bits per heavy atom. The van der Waals surface area contributed by atoms with Crippen LogP contribution in [0.2, 0.25) is 0 Å². The van der Waals surface area contributed by atoms with E-state index in [4.69, 9.17) is 16.9 Å². The van der Waals surface area contributed by atoms with Crippen LogP contribution < -0.4 is 11.5 Å². The molecule has 1 atom stereocenters. The first-order chi connectivity index (χ1) is 5.66. The Bertz CT molecular complexity index is 162. The van der Waals surface area contributed by atoms with Gasteiger partial charge in [-0.3, -0.25) is 15.9 Å². The Morgan fingerprint density at radius 2 is 2.14 bits per heavy atom. The highest BCUT2D eigenvalue weighted by Crippen LogP contribution is 2.04. The van der Waals surface area contributed by atoms with Gasteiger partial charge in [0, 0.05) is 5.75 Å². The third-order valence-corrected chi connectivity index (χ3v) is 1.92. The lowest BCUT2D eigenvalue weighted by Crippen LogP contribution is -2.23. The Kier molecular flexibility index (Phi) is 18.6. The zero-order valence-corrected chi connectivity index (χ0v) is 11.7. The van der Waals surface area contributed by atoms with E-state index < -0.39 is 6.23 Å². The number of hydrogen-bond donors (Lipinski definition) is 3. The molecule has 0 saturated carbocycles. The van der Waals surface area contributed by atoms with Gasteiger partial charge in [0.15, 0.2) is 11.4 Å². The van der Waals surface area contributed by atoms with Crippen molar-refractivity contribution in [1.29, 1.82) is 5.41 Å². The van der Waals surface area contributed by atoms with Gasteiger partial charge in [-0.25, -0.2) is 0 Å². The first kappa shape index (κ1) is 19.7. The highest BCUT2D eigenvalue weighted by Gasteiger charge is 2.01. The normalized spacial score (nSPS) is 10.4. The standard InChI is InChI=1S/C6H13N3O2S.2BrH/c7-5(11-4-10)2-1-3-12-6(8)9;;/h4-5H,1-3,7H2,(H3,8,9);2*1H. The Balaban J connectivity index is -0.000000605. The minimum atomic E-state index is -0.532. The fourth-order valence-corrected chi connectivity index (χ4v) is 1.14. The van der Waals surface area contributed by atoms with Gasteiger partial charge in [0.2, 0.25) is 0 Å². The maximum absolute atomic E-state index is 9.79. The molecule has 5 N–H and O–H groups in total. The molecule has 0 spiro atoms. The Morgan fingerprint density at radius 3 is 2.57 bits per heavy atom. The maximum atomic E-state index is 9.79. The summed E-state index contributed by atoms with van der Waals surface area (Å²) >= 11 is 1.25. The molecule has 86 valence electrons. The van der Waals surface area contributed by atoms with Crippen LogP contribution in [0.3, 0.4) is 0 Å². The van der Waals surface area contributed by atoms with Crippen molar-refractivity contribution < 1.29 is 9.53 Å². The number of rotatable bonds is 6. The monoisotopic (exact) mass is 351 g/mol. The lowest BCUT2D eigenvalue weighted by molar-refractivity contribution is -0.133. The van der Waals surface area contributed by atoms with Crippen molar-refractivity contribution in [2.75, 3.05) is 5.75 Å². The summed E-state index contributed by atoms with van der Waals surface area (Å²) in [5, 5.41) is 6.98. The van der Waals surface area contributed by atoms with E-state index in [-0.39, 0.29) is 39.1 Å². The van der Waals surface area contributed by atoms with Crippen LogP contribution in [0.5, 0.6) is 0 Å². The number of thioether (sulfide) groups is 1. The predicted molar refractivity (Wildman–Crippen MR) is 69.4 cm³/mol. The van der Waals surface area contributed by atoms with Crippen LogP contribution in [0.1, 0.15) is 12.8 Å². The molecule has 0 heterocycles. The van der Waals surface area contributed by atoms with E-state index in [1.54, 1.807) is 0 Å². The largest absolute Gasteiger partial charge is 0.449 e. The van der Waals surface area contributed by atoms with Gasteiger partial charge in [-0.2, -0.15) is 0 Å². The van der Waals surface area contributed by atoms with Gasteiger partial charge in [0.1, 0.15) is 0 Å². The highest BCUT2D eigenvalue weighted by molar-refractivity contribution is 8.93. The van der Waals surface area contributed by atoms with Gasteiger partial charge in [0.25, 0.3) is 6.47 Å². The van der Waals surface area contributed by atoms with Crippen molar-refractivity contribution in [1.82, 2.24) is 0 Å². The number of nitrogens with two attached hydrogens (primary N) is 2. The number of halogens is 2. The minimum absolute atomic E-state index is 0. The van der Waals surface area contributed by atoms with Crippen LogP contribution in [-0.4, -0.2) is 23.6 Å². The smallest absolute Gasteiger partial charge is 0.294 e. The number of carbonyl (C=O) groups excluding carboxylic acids is 1. The SMILES string of the molecule is Br.Br.N=C(N)SCCCC(N)OC=O. The van der Waals surface area contributed by atoms with Crippen molar-refractivity contribution in [3.63, 3.8) is 0 Å². The van der Waals surface area contributed by atoms with Crippen LogP contribution >= 0.6 is 45.7 Å². The molecule has 0 rings (SSSR count). The average molecular weight is 353 g/mol. The van der Waals surface area contributed by atoms with E-state index in [0.717, 1.165) is 12.2 Å². The van der Waals surface area contributed by atoms with Crippen molar-refractivity contribution in [2.45, 2.75) is 19.1 Å². The maximum Gasteiger partial charge on any atom is 0.294 e. The van der Waals surface area contributed by atoms with Gasteiger partial charge in [-0.05, 0) is 12.8 Å². The summed E-state index contributed by atoms with van der Waals surface area (Å²) < 4.78 is 4.45. The number of nitrogens with one attached hydrogen (secondary N) is 1. The number of ether oxygens (including phenoxy) is 1. The topological polar surface area (TPSA) is 102 Å². The van der Waals surface area contributed by atoms with Crippen LogP contribution in [0.25, 0.3) is 0 Å². The molecule has 1 unspecified atom stereocenters. The van der Waals surface area contributed by atoms with Gasteiger partial charge in [-0.1, -0.05) is 11.8 Å². The highest BCUT2D eigenvalue weighted by atomic mass is 79.9. The van der Waals surface area contributed by atoms with E-state index in [9.17, 15) is 4.79 Å². The molecule has 14 heavy (non-hydrogen) atoms. The molecule has 0 fully saturated rings. The average Bonchev–Trinajstić information content (AvgIpc) is 1.98. The Labute approximate surface area is 108 Å². The van der Waals surface area contributed by atoms with Gasteiger partial charge in [-0.15, -0.1) is 34.0 Å². The molecule has 5 nitrogen and oxygen atoms in total. The molecule has 8 heteroatoms. The molecule has 0 aliphatic carbocycles. The van der Waals surface area contributed by atoms with Crippen molar-refractivity contribution in [3.05, 3.63) is 0 Å². The van der Waals surface area contributed by atoms with Gasteiger partial charge >= 0.3 is 0 Å². The first-order valence-electron chi connectivity index (χ1n) is 3.48. The van der Waals surface area contributed by atoms with Crippen LogP contribution in [0.4, 0.5) is 0 Å². The summed E-state index contributed by atoms with van der Waals surface area (Å²) in [5.41, 5.74) is 10.4. The van der Waals surface area contributed by atoms with Crippen molar-refractivity contribution in [3.8, 4) is 0 Å². The quantitative estimate of drug-likeness (QED) is 0.217. The fraction of sp³-hybridized carbons (Fsp3) is 0.667. The third kappa shape index (κ3) is 14.7. The molecule has 0 saturated heterocycles. The van der Waals surface area contributed by atoms with Crippen LogP contribution in [-0.2, 0) is 9.53 Å². The lowest BCUT2D eigenvalue weighted by Gasteiger charge is -2.07. The van der Waals surface area contributed by atoms with Gasteiger partial charge in [0.05, 0.1) is 0 Å². The first-order valence-corrected chi connectivity index (χ1v) is 4.47. The second-order valence-electron chi connectivity index (χ2n) is 2.13. The third-order valence-electron chi connectivity index (χ3n) is 1.12. The number of amidine groups is 1. The van der Waals surface area contributed by atoms with Gasteiger partial charge < -0.3 is 10.5 Å². The fourth-order valence-electron chi connectivity index (χ4n) is 0.606. The molecular weight excluding hydrogens is 338 g/mol. The van der Waals surface area contributed by atoms with Crippen molar-refractivity contribution in [2.24, 2.45) is 11.5 Å². The molecule has 0 bridgehead atoms. The van der Waals surface area contributed by atoms with E-state index in [2.05, 4.69) is 4.74 Å². The zero-order chi connectivity index (χ0) is 9.40. The summed E-state index contributed by atoms with van der Waals surface area (Å²) in [6.07, 6.45) is 0.841. The summed E-state index contributed by atoms with van der Waals surface area (Å²) in [6, 6.07) is 0. The zero-order valence-electron chi connectivity index (χ0n) is 7.47. The summed E-state index contributed by atoms with van der Waals surface area (Å²) in [7, 11) is 0. The number of hydrogen-bond acceptors (Lipinski definition) is 5. The molecule has 0 aromatic rings. The van der Waals surface area contributed by atoms with E-state index in [1.165, 1.54) is 11.8 Å². The Hall–Kier alpha value is 0.210. The molecule has 0 amide bonds. The van der Waals surface area contributed by atoms with E-state index in [0.29, 0.717) is 12.9 Å². The van der Waals surface area contributed by atoms with E-state index in [1.807, 2.05) is 0 Å². The van der Waals surface area contributed by atoms with Crippen LogP contribution in [0.15, 0.2) is 0 Å². The lowest BCUT2D eigenvalue weighted by atomic mass is 10.3. The van der Waals surface area contributed by atoms with Crippen LogP contribution in [0, 0.1) is 5.41 Å². The predicted octanol–water partition coefficient (Wildman–Crippen LogP) is 1.01. The number of carbonyl (C=O) groups is 1. The molecular formula is C6H15Br2N3O2S.